The maximum atomic E-state index is 12.6. The molecule has 1 amide bonds. The molecule has 0 unspecified atom stereocenters. The van der Waals surface area contributed by atoms with Gasteiger partial charge in [0.15, 0.2) is 0 Å². The van der Waals surface area contributed by atoms with Crippen LogP contribution in [0.5, 0.6) is 0 Å². The number of piperazine rings is 1. The van der Waals surface area contributed by atoms with Gasteiger partial charge in [0, 0.05) is 37.6 Å². The molecule has 4 heteroatoms. The van der Waals surface area contributed by atoms with Gasteiger partial charge in [-0.15, -0.1) is 0 Å². The smallest absolute Gasteiger partial charge is 0.241 e. The van der Waals surface area contributed by atoms with Gasteiger partial charge < -0.3 is 10.2 Å². The van der Waals surface area contributed by atoms with Crippen LogP contribution in [0.1, 0.15) is 23.6 Å². The van der Waals surface area contributed by atoms with Crippen molar-refractivity contribution in [2.75, 3.05) is 36.4 Å². The summed E-state index contributed by atoms with van der Waals surface area (Å²) in [6, 6.07) is 14.3. The predicted molar refractivity (Wildman–Crippen MR) is 109 cm³/mol. The van der Waals surface area contributed by atoms with E-state index in [0.717, 1.165) is 31.9 Å². The van der Waals surface area contributed by atoms with Crippen molar-refractivity contribution in [2.45, 2.75) is 33.7 Å². The van der Waals surface area contributed by atoms with E-state index in [-0.39, 0.29) is 11.9 Å². The van der Waals surface area contributed by atoms with E-state index in [1.54, 1.807) is 0 Å². The molecular weight excluding hydrogens is 322 g/mol. The van der Waals surface area contributed by atoms with Crippen molar-refractivity contribution in [2.24, 2.45) is 0 Å². The Balaban J connectivity index is 1.57. The first kappa shape index (κ1) is 18.5. The zero-order chi connectivity index (χ0) is 18.7. The van der Waals surface area contributed by atoms with Crippen LogP contribution >= 0.6 is 0 Å². The Bertz CT molecular complexity index is 761. The summed E-state index contributed by atoms with van der Waals surface area (Å²) >= 11 is 0. The van der Waals surface area contributed by atoms with Gasteiger partial charge in [-0.3, -0.25) is 9.69 Å². The first-order valence-corrected chi connectivity index (χ1v) is 9.38. The van der Waals surface area contributed by atoms with Crippen molar-refractivity contribution in [3.63, 3.8) is 0 Å². The molecule has 1 aliphatic heterocycles. The number of carbonyl (C=O) groups is 1. The number of carbonyl (C=O) groups excluding carboxylic acids is 1. The molecule has 3 rings (SSSR count). The van der Waals surface area contributed by atoms with E-state index in [1.807, 2.05) is 38.1 Å². The van der Waals surface area contributed by atoms with Gasteiger partial charge in [0.1, 0.15) is 0 Å². The maximum absolute atomic E-state index is 12.6. The monoisotopic (exact) mass is 351 g/mol. The summed E-state index contributed by atoms with van der Waals surface area (Å²) in [5.74, 6) is 0.0639. The fourth-order valence-corrected chi connectivity index (χ4v) is 3.48. The van der Waals surface area contributed by atoms with E-state index in [0.29, 0.717) is 0 Å². The summed E-state index contributed by atoms with van der Waals surface area (Å²) in [6.07, 6.45) is 0. The summed E-state index contributed by atoms with van der Waals surface area (Å²) < 4.78 is 0. The molecular formula is C22H29N3O. The second-order valence-corrected chi connectivity index (χ2v) is 7.27. The highest BCUT2D eigenvalue weighted by molar-refractivity contribution is 5.94. The Labute approximate surface area is 156 Å². The molecule has 0 aliphatic carbocycles. The molecule has 1 heterocycles. The predicted octanol–water partition coefficient (Wildman–Crippen LogP) is 3.76. The van der Waals surface area contributed by atoms with Gasteiger partial charge in [-0.25, -0.2) is 0 Å². The highest BCUT2D eigenvalue weighted by Crippen LogP contribution is 2.24. The number of nitrogens with zero attached hydrogens (tertiary/aromatic N) is 2. The van der Waals surface area contributed by atoms with Crippen LogP contribution in [-0.4, -0.2) is 43.0 Å². The molecule has 1 fully saturated rings. The lowest BCUT2D eigenvalue weighted by molar-refractivity contribution is -0.120. The van der Waals surface area contributed by atoms with Gasteiger partial charge in [0.05, 0.1) is 6.04 Å². The molecule has 1 aliphatic rings. The average molecular weight is 351 g/mol. The molecule has 0 spiro atoms. The van der Waals surface area contributed by atoms with Crippen LogP contribution < -0.4 is 10.2 Å². The second kappa shape index (κ2) is 7.92. The molecule has 0 aromatic heterocycles. The van der Waals surface area contributed by atoms with Gasteiger partial charge in [0.25, 0.3) is 0 Å². The molecule has 4 nitrogen and oxygen atoms in total. The molecule has 0 radical (unpaired) electrons. The minimum Gasteiger partial charge on any atom is -0.369 e. The summed E-state index contributed by atoms with van der Waals surface area (Å²) in [4.78, 5) is 17.3. The molecule has 2 aromatic carbocycles. The largest absolute Gasteiger partial charge is 0.369 e. The third-order valence-electron chi connectivity index (χ3n) is 5.48. The van der Waals surface area contributed by atoms with Crippen LogP contribution in [0.2, 0.25) is 0 Å². The zero-order valence-electron chi connectivity index (χ0n) is 16.2. The van der Waals surface area contributed by atoms with E-state index in [2.05, 4.69) is 47.2 Å². The van der Waals surface area contributed by atoms with Crippen LogP contribution in [0.25, 0.3) is 0 Å². The summed E-state index contributed by atoms with van der Waals surface area (Å²) in [6.45, 7) is 12.1. The van der Waals surface area contributed by atoms with E-state index in [1.165, 1.54) is 22.4 Å². The number of aryl methyl sites for hydroxylation is 2. The van der Waals surface area contributed by atoms with Crippen LogP contribution in [0.4, 0.5) is 11.4 Å². The Morgan fingerprint density at radius 3 is 2.27 bits per heavy atom. The minimum atomic E-state index is -0.128. The van der Waals surface area contributed by atoms with Crippen molar-refractivity contribution in [3.05, 3.63) is 59.2 Å². The first-order valence-electron chi connectivity index (χ1n) is 9.38. The van der Waals surface area contributed by atoms with Crippen molar-refractivity contribution in [3.8, 4) is 0 Å². The number of hydrogen-bond acceptors (Lipinski definition) is 3. The minimum absolute atomic E-state index is 0.0639. The van der Waals surface area contributed by atoms with Crippen molar-refractivity contribution in [1.29, 1.82) is 0 Å². The normalized spacial score (nSPS) is 16.4. The fraction of sp³-hybridized carbons (Fsp3) is 0.409. The first-order chi connectivity index (χ1) is 12.5. The summed E-state index contributed by atoms with van der Waals surface area (Å²) in [7, 11) is 0. The molecule has 138 valence electrons. The molecule has 1 N–H and O–H groups in total. The number of nitrogens with one attached hydrogen (secondary N) is 1. The average Bonchev–Trinajstić information content (AvgIpc) is 2.65. The van der Waals surface area contributed by atoms with Crippen molar-refractivity contribution in [1.82, 2.24) is 4.90 Å². The van der Waals surface area contributed by atoms with Crippen molar-refractivity contribution >= 4 is 17.3 Å². The van der Waals surface area contributed by atoms with Gasteiger partial charge in [-0.05, 0) is 57.0 Å². The number of amides is 1. The number of benzene rings is 2. The van der Waals surface area contributed by atoms with Gasteiger partial charge >= 0.3 is 0 Å². The second-order valence-electron chi connectivity index (χ2n) is 7.27. The Kier molecular flexibility index (Phi) is 5.62. The highest BCUT2D eigenvalue weighted by Gasteiger charge is 2.26. The van der Waals surface area contributed by atoms with Crippen LogP contribution in [0.15, 0.2) is 42.5 Å². The highest BCUT2D eigenvalue weighted by atomic mass is 16.2. The Morgan fingerprint density at radius 1 is 0.962 bits per heavy atom. The van der Waals surface area contributed by atoms with Gasteiger partial charge in [0.2, 0.25) is 5.91 Å². The van der Waals surface area contributed by atoms with E-state index in [4.69, 9.17) is 0 Å². The van der Waals surface area contributed by atoms with Crippen LogP contribution in [-0.2, 0) is 4.79 Å². The molecule has 0 bridgehead atoms. The quantitative estimate of drug-likeness (QED) is 0.911. The van der Waals surface area contributed by atoms with Gasteiger partial charge in [-0.1, -0.05) is 29.8 Å². The number of hydrogen-bond donors (Lipinski definition) is 1. The van der Waals surface area contributed by atoms with Crippen LogP contribution in [0.3, 0.4) is 0 Å². The standard InChI is InChI=1S/C22H29N3O/c1-16-8-10-20(11-9-16)23-22(26)19(4)24-12-14-25(15-13-24)21-7-5-6-17(2)18(21)3/h5-11,19H,12-15H2,1-4H3,(H,23,26)/t19-/m1/s1. The van der Waals surface area contributed by atoms with E-state index < -0.39 is 0 Å². The molecule has 2 aromatic rings. The zero-order valence-corrected chi connectivity index (χ0v) is 16.2. The SMILES string of the molecule is Cc1ccc(NC(=O)[C@@H](C)N2CCN(c3cccc(C)c3C)CC2)cc1. The van der Waals surface area contributed by atoms with Crippen LogP contribution in [0, 0.1) is 20.8 Å². The third-order valence-corrected chi connectivity index (χ3v) is 5.48. The molecule has 1 saturated heterocycles. The lowest BCUT2D eigenvalue weighted by Crippen LogP contribution is -2.53. The van der Waals surface area contributed by atoms with Gasteiger partial charge in [-0.2, -0.15) is 0 Å². The molecule has 26 heavy (non-hydrogen) atoms. The molecule has 0 saturated carbocycles. The summed E-state index contributed by atoms with van der Waals surface area (Å²) in [5, 5.41) is 3.03. The number of anilines is 2. The van der Waals surface area contributed by atoms with E-state index >= 15 is 0 Å². The Hall–Kier alpha value is -2.33. The lowest BCUT2D eigenvalue weighted by atomic mass is 10.1. The maximum Gasteiger partial charge on any atom is 0.241 e. The number of rotatable bonds is 4. The Morgan fingerprint density at radius 2 is 1.62 bits per heavy atom. The molecule has 1 atom stereocenters. The fourth-order valence-electron chi connectivity index (χ4n) is 3.48. The van der Waals surface area contributed by atoms with E-state index in [9.17, 15) is 4.79 Å². The topological polar surface area (TPSA) is 35.6 Å². The lowest BCUT2D eigenvalue weighted by Gasteiger charge is -2.39. The third kappa shape index (κ3) is 4.07. The summed E-state index contributed by atoms with van der Waals surface area (Å²) in [5.41, 5.74) is 6.06. The van der Waals surface area contributed by atoms with Crippen molar-refractivity contribution < 1.29 is 4.79 Å².